The highest BCUT2D eigenvalue weighted by atomic mass is 19.4. The number of benzene rings is 1. The van der Waals surface area contributed by atoms with Crippen molar-refractivity contribution >= 4 is 23.1 Å². The van der Waals surface area contributed by atoms with Crippen molar-refractivity contribution < 1.29 is 27.1 Å². The molecule has 0 spiro atoms. The predicted molar refractivity (Wildman–Crippen MR) is 62.2 cm³/mol. The van der Waals surface area contributed by atoms with E-state index in [1.165, 1.54) is 18.2 Å². The van der Waals surface area contributed by atoms with Crippen molar-refractivity contribution in [3.63, 3.8) is 0 Å². The summed E-state index contributed by atoms with van der Waals surface area (Å²) >= 11 is 0. The summed E-state index contributed by atoms with van der Waals surface area (Å²) in [5.74, 6) is 0.523. The van der Waals surface area contributed by atoms with Gasteiger partial charge in [0.15, 0.2) is 6.61 Å². The largest absolute Gasteiger partial charge is 0.484 e. The molecule has 7 heteroatoms. The second kappa shape index (κ2) is 4.83. The van der Waals surface area contributed by atoms with Crippen molar-refractivity contribution in [2.24, 2.45) is 0 Å². The van der Waals surface area contributed by atoms with Crippen LogP contribution in [0.25, 0.3) is 11.0 Å². The monoisotopic (exact) mass is 273 g/mol. The van der Waals surface area contributed by atoms with Gasteiger partial charge in [-0.05, 0) is 25.1 Å². The SMILES string of the molecule is Cc1oc2ccc(OCC(F)(F)F)cc2c1NC=O. The van der Waals surface area contributed by atoms with Crippen molar-refractivity contribution in [2.75, 3.05) is 11.9 Å². The number of rotatable bonds is 4. The highest BCUT2D eigenvalue weighted by Gasteiger charge is 2.28. The second-order valence-electron chi connectivity index (χ2n) is 3.86. The summed E-state index contributed by atoms with van der Waals surface area (Å²) in [7, 11) is 0. The van der Waals surface area contributed by atoms with E-state index in [0.717, 1.165) is 0 Å². The molecule has 1 N–H and O–H groups in total. The third kappa shape index (κ3) is 2.98. The van der Waals surface area contributed by atoms with Gasteiger partial charge in [-0.2, -0.15) is 13.2 Å². The number of hydrogen-bond acceptors (Lipinski definition) is 3. The van der Waals surface area contributed by atoms with Crippen LogP contribution in [-0.2, 0) is 4.79 Å². The lowest BCUT2D eigenvalue weighted by atomic mass is 10.2. The Bertz CT molecular complexity index is 604. The van der Waals surface area contributed by atoms with Gasteiger partial charge in [0.1, 0.15) is 17.1 Å². The maximum Gasteiger partial charge on any atom is 0.422 e. The molecule has 0 aliphatic rings. The number of hydrogen-bond donors (Lipinski definition) is 1. The van der Waals surface area contributed by atoms with Crippen molar-refractivity contribution in [3.8, 4) is 5.75 Å². The van der Waals surface area contributed by atoms with E-state index in [1.54, 1.807) is 6.92 Å². The van der Waals surface area contributed by atoms with Gasteiger partial charge in [0.05, 0.1) is 5.69 Å². The first-order chi connectivity index (χ1) is 8.90. The molecular formula is C12H10F3NO3. The lowest BCUT2D eigenvalue weighted by Gasteiger charge is -2.08. The normalized spacial score (nSPS) is 11.6. The van der Waals surface area contributed by atoms with Gasteiger partial charge >= 0.3 is 6.18 Å². The van der Waals surface area contributed by atoms with Crippen molar-refractivity contribution in [1.29, 1.82) is 0 Å². The number of furan rings is 1. The summed E-state index contributed by atoms with van der Waals surface area (Å²) in [5, 5.41) is 2.94. The predicted octanol–water partition coefficient (Wildman–Crippen LogP) is 3.25. The zero-order valence-electron chi connectivity index (χ0n) is 9.88. The molecule has 0 aliphatic heterocycles. The number of halogens is 3. The summed E-state index contributed by atoms with van der Waals surface area (Å²) < 4.78 is 46.2. The Labute approximate surface area is 106 Å². The van der Waals surface area contributed by atoms with Crippen LogP contribution in [0.2, 0.25) is 0 Å². The molecular weight excluding hydrogens is 263 g/mol. The van der Waals surface area contributed by atoms with Crippen LogP contribution in [0.5, 0.6) is 5.75 Å². The topological polar surface area (TPSA) is 51.5 Å². The van der Waals surface area contributed by atoms with Crippen LogP contribution >= 0.6 is 0 Å². The smallest absolute Gasteiger partial charge is 0.422 e. The maximum absolute atomic E-state index is 12.1. The van der Waals surface area contributed by atoms with Gasteiger partial charge in [-0.1, -0.05) is 0 Å². The summed E-state index contributed by atoms with van der Waals surface area (Å²) in [6.07, 6.45) is -3.92. The van der Waals surface area contributed by atoms with Gasteiger partial charge in [-0.15, -0.1) is 0 Å². The van der Waals surface area contributed by atoms with Crippen LogP contribution in [0.15, 0.2) is 22.6 Å². The molecule has 0 atom stereocenters. The summed E-state index contributed by atoms with van der Waals surface area (Å²) in [6, 6.07) is 4.26. The maximum atomic E-state index is 12.1. The Hall–Kier alpha value is -2.18. The minimum absolute atomic E-state index is 0.0552. The van der Waals surface area contributed by atoms with Gasteiger partial charge in [0.2, 0.25) is 6.41 Å². The minimum atomic E-state index is -4.40. The second-order valence-corrected chi connectivity index (χ2v) is 3.86. The average Bonchev–Trinajstić information content (AvgIpc) is 2.63. The molecule has 102 valence electrons. The van der Waals surface area contributed by atoms with E-state index in [9.17, 15) is 18.0 Å². The van der Waals surface area contributed by atoms with E-state index in [-0.39, 0.29) is 5.75 Å². The molecule has 1 amide bonds. The molecule has 0 fully saturated rings. The van der Waals surface area contributed by atoms with E-state index in [4.69, 9.17) is 4.42 Å². The molecule has 1 aromatic carbocycles. The first-order valence-electron chi connectivity index (χ1n) is 5.33. The van der Waals surface area contributed by atoms with Gasteiger partial charge < -0.3 is 14.5 Å². The molecule has 0 saturated heterocycles. The Morgan fingerprint density at radius 3 is 2.79 bits per heavy atom. The molecule has 2 aromatic rings. The highest BCUT2D eigenvalue weighted by molar-refractivity contribution is 5.97. The van der Waals surface area contributed by atoms with E-state index < -0.39 is 12.8 Å². The van der Waals surface area contributed by atoms with Gasteiger partial charge in [0.25, 0.3) is 0 Å². The molecule has 0 unspecified atom stereocenters. The number of carbonyl (C=O) groups excluding carboxylic acids is 1. The average molecular weight is 273 g/mol. The minimum Gasteiger partial charge on any atom is -0.484 e. The van der Waals surface area contributed by atoms with E-state index >= 15 is 0 Å². The number of amides is 1. The van der Waals surface area contributed by atoms with Crippen molar-refractivity contribution in [2.45, 2.75) is 13.1 Å². The van der Waals surface area contributed by atoms with Crippen LogP contribution in [0, 0.1) is 6.92 Å². The summed E-state index contributed by atoms with van der Waals surface area (Å²) in [4.78, 5) is 10.5. The molecule has 0 saturated carbocycles. The fourth-order valence-corrected chi connectivity index (χ4v) is 1.69. The Morgan fingerprint density at radius 1 is 1.42 bits per heavy atom. The molecule has 0 bridgehead atoms. The molecule has 19 heavy (non-hydrogen) atoms. The van der Waals surface area contributed by atoms with Gasteiger partial charge in [-0.25, -0.2) is 0 Å². The molecule has 1 heterocycles. The molecule has 4 nitrogen and oxygen atoms in total. The Morgan fingerprint density at radius 2 is 2.16 bits per heavy atom. The van der Waals surface area contributed by atoms with Crippen molar-refractivity contribution in [3.05, 3.63) is 24.0 Å². The number of alkyl halides is 3. The number of carbonyl (C=O) groups is 1. The number of aryl methyl sites for hydroxylation is 1. The van der Waals surface area contributed by atoms with Crippen LogP contribution < -0.4 is 10.1 Å². The molecule has 0 aliphatic carbocycles. The summed E-state index contributed by atoms with van der Waals surface area (Å²) in [6.45, 7) is 0.272. The molecule has 1 aromatic heterocycles. The van der Waals surface area contributed by atoms with Crippen molar-refractivity contribution in [1.82, 2.24) is 0 Å². The van der Waals surface area contributed by atoms with Crippen LogP contribution in [0.3, 0.4) is 0 Å². The lowest BCUT2D eigenvalue weighted by molar-refractivity contribution is -0.153. The molecule has 2 rings (SSSR count). The van der Waals surface area contributed by atoms with Crippen LogP contribution in [0.4, 0.5) is 18.9 Å². The number of fused-ring (bicyclic) bond motifs is 1. The summed E-state index contributed by atoms with van der Waals surface area (Å²) in [5.41, 5.74) is 0.878. The zero-order valence-corrected chi connectivity index (χ0v) is 9.88. The fourth-order valence-electron chi connectivity index (χ4n) is 1.69. The Kier molecular flexibility index (Phi) is 3.37. The fraction of sp³-hybridized carbons (Fsp3) is 0.250. The standard InChI is InChI=1S/C12H10F3NO3/c1-7-11(16-6-17)9-4-8(2-3-10(9)19-7)18-5-12(13,14)15/h2-4,6H,5H2,1H3,(H,16,17). The molecule has 0 radical (unpaired) electrons. The quantitative estimate of drug-likeness (QED) is 0.870. The van der Waals surface area contributed by atoms with E-state index in [2.05, 4.69) is 10.1 Å². The Balaban J connectivity index is 2.33. The first kappa shape index (κ1) is 13.3. The van der Waals surface area contributed by atoms with Gasteiger partial charge in [-0.3, -0.25) is 4.79 Å². The van der Waals surface area contributed by atoms with E-state index in [1.807, 2.05) is 0 Å². The first-order valence-corrected chi connectivity index (χ1v) is 5.33. The number of nitrogens with one attached hydrogen (secondary N) is 1. The van der Waals surface area contributed by atoms with Gasteiger partial charge in [0, 0.05) is 5.39 Å². The third-order valence-corrected chi connectivity index (χ3v) is 2.44. The lowest BCUT2D eigenvalue weighted by Crippen LogP contribution is -2.19. The number of ether oxygens (including phenoxy) is 1. The zero-order chi connectivity index (χ0) is 14.0. The third-order valence-electron chi connectivity index (χ3n) is 2.44. The number of anilines is 1. The van der Waals surface area contributed by atoms with E-state index in [0.29, 0.717) is 28.8 Å². The van der Waals surface area contributed by atoms with Crippen LogP contribution in [-0.4, -0.2) is 19.2 Å². The van der Waals surface area contributed by atoms with Crippen LogP contribution in [0.1, 0.15) is 5.76 Å². The highest BCUT2D eigenvalue weighted by Crippen LogP contribution is 2.33.